The number of nitrogens with zero attached hydrogens (tertiary/aromatic N) is 5. The highest BCUT2D eigenvalue weighted by Crippen LogP contribution is 2.31. The molecular formula is C22H26FN5. The van der Waals surface area contributed by atoms with Gasteiger partial charge in [0, 0.05) is 0 Å². The normalized spacial score (nSPS) is 17.0. The number of piperidine rings is 1. The molecule has 0 bridgehead atoms. The Morgan fingerprint density at radius 3 is 2.39 bits per heavy atom. The van der Waals surface area contributed by atoms with Gasteiger partial charge >= 0.3 is 0 Å². The zero-order valence-electron chi connectivity index (χ0n) is 16.4. The van der Waals surface area contributed by atoms with Crippen molar-refractivity contribution in [2.24, 2.45) is 5.92 Å². The van der Waals surface area contributed by atoms with Gasteiger partial charge < -0.3 is 0 Å². The van der Waals surface area contributed by atoms with Gasteiger partial charge in [0.1, 0.15) is 5.82 Å². The van der Waals surface area contributed by atoms with Gasteiger partial charge in [-0.05, 0) is 72.5 Å². The fraction of sp³-hybridized carbons (Fsp3) is 0.409. The lowest BCUT2D eigenvalue weighted by Crippen LogP contribution is -2.38. The zero-order valence-corrected chi connectivity index (χ0v) is 16.4. The average molecular weight is 379 g/mol. The maximum Gasteiger partial charge on any atom is 0.173 e. The summed E-state index contributed by atoms with van der Waals surface area (Å²) < 4.78 is 15.1. The molecule has 1 atom stereocenters. The minimum absolute atomic E-state index is 0.0172. The molecule has 5 nitrogen and oxygen atoms in total. The third kappa shape index (κ3) is 4.12. The molecule has 0 spiro atoms. The number of benzene rings is 2. The fourth-order valence-corrected chi connectivity index (χ4v) is 3.84. The van der Waals surface area contributed by atoms with Crippen LogP contribution in [-0.2, 0) is 6.54 Å². The maximum absolute atomic E-state index is 13.2. The first-order valence-corrected chi connectivity index (χ1v) is 9.91. The van der Waals surface area contributed by atoms with Crippen molar-refractivity contribution in [1.29, 1.82) is 0 Å². The first kappa shape index (κ1) is 18.7. The molecule has 0 radical (unpaired) electrons. The van der Waals surface area contributed by atoms with Crippen molar-refractivity contribution in [1.82, 2.24) is 25.1 Å². The topological polar surface area (TPSA) is 46.8 Å². The highest BCUT2D eigenvalue weighted by molar-refractivity contribution is 5.28. The lowest BCUT2D eigenvalue weighted by molar-refractivity contribution is 0.150. The Morgan fingerprint density at radius 2 is 1.71 bits per heavy atom. The molecule has 2 aromatic carbocycles. The van der Waals surface area contributed by atoms with Crippen LogP contribution in [-0.4, -0.2) is 38.2 Å². The molecule has 0 N–H and O–H groups in total. The van der Waals surface area contributed by atoms with E-state index in [0.717, 1.165) is 30.4 Å². The van der Waals surface area contributed by atoms with Gasteiger partial charge in [-0.25, -0.2) is 9.07 Å². The predicted octanol–water partition coefficient (Wildman–Crippen LogP) is 3.99. The molecule has 4 rings (SSSR count). The third-order valence-electron chi connectivity index (χ3n) is 5.63. The number of hydrogen-bond acceptors (Lipinski definition) is 4. The first-order chi connectivity index (χ1) is 13.6. The van der Waals surface area contributed by atoms with E-state index in [1.54, 1.807) is 12.1 Å². The van der Waals surface area contributed by atoms with Gasteiger partial charge in [-0.1, -0.05) is 48.9 Å². The Kier molecular flexibility index (Phi) is 5.48. The van der Waals surface area contributed by atoms with Crippen LogP contribution in [0.1, 0.15) is 48.3 Å². The highest BCUT2D eigenvalue weighted by atomic mass is 19.1. The standard InChI is InChI=1S/C22H26FN5/c1-16-3-7-19(8-4-16)21(27-13-11-17(2)12-14-27)22-24-25-26-28(22)15-18-5-9-20(23)10-6-18/h3-10,17,21H,11-15H2,1-2H3/t21-/m0/s1. The molecule has 1 aliphatic rings. The molecule has 6 heteroatoms. The van der Waals surface area contributed by atoms with E-state index in [1.165, 1.54) is 36.1 Å². The monoisotopic (exact) mass is 379 g/mol. The van der Waals surface area contributed by atoms with Crippen LogP contribution in [0.5, 0.6) is 0 Å². The summed E-state index contributed by atoms with van der Waals surface area (Å²) in [5.74, 6) is 1.36. The predicted molar refractivity (Wildman–Crippen MR) is 106 cm³/mol. The molecule has 28 heavy (non-hydrogen) atoms. The number of aryl methyl sites for hydroxylation is 1. The Morgan fingerprint density at radius 1 is 1.04 bits per heavy atom. The van der Waals surface area contributed by atoms with Crippen molar-refractivity contribution in [2.45, 2.75) is 39.3 Å². The minimum atomic E-state index is -0.236. The summed E-state index contributed by atoms with van der Waals surface area (Å²) >= 11 is 0. The molecule has 0 saturated carbocycles. The van der Waals surface area contributed by atoms with E-state index in [9.17, 15) is 4.39 Å². The van der Waals surface area contributed by atoms with Crippen molar-refractivity contribution in [3.8, 4) is 0 Å². The van der Waals surface area contributed by atoms with Crippen molar-refractivity contribution < 1.29 is 4.39 Å². The molecule has 1 saturated heterocycles. The van der Waals surface area contributed by atoms with Crippen molar-refractivity contribution in [3.05, 3.63) is 76.9 Å². The summed E-state index contributed by atoms with van der Waals surface area (Å²) in [4.78, 5) is 2.48. The van der Waals surface area contributed by atoms with Crippen molar-refractivity contribution in [2.75, 3.05) is 13.1 Å². The molecule has 0 aliphatic carbocycles. The Labute approximate surface area is 165 Å². The van der Waals surface area contributed by atoms with E-state index in [4.69, 9.17) is 0 Å². The summed E-state index contributed by atoms with van der Waals surface area (Å²) in [7, 11) is 0. The molecule has 2 heterocycles. The van der Waals surface area contributed by atoms with Gasteiger partial charge in [0.2, 0.25) is 0 Å². The Bertz CT molecular complexity index is 895. The van der Waals surface area contributed by atoms with Gasteiger partial charge in [0.15, 0.2) is 5.82 Å². The smallest absolute Gasteiger partial charge is 0.173 e. The summed E-state index contributed by atoms with van der Waals surface area (Å²) in [5.41, 5.74) is 3.42. The summed E-state index contributed by atoms with van der Waals surface area (Å²) in [6, 6.07) is 15.2. The number of tetrazole rings is 1. The number of rotatable bonds is 5. The number of hydrogen-bond donors (Lipinski definition) is 0. The lowest BCUT2D eigenvalue weighted by atomic mass is 9.95. The molecule has 1 fully saturated rings. The second-order valence-electron chi connectivity index (χ2n) is 7.85. The zero-order chi connectivity index (χ0) is 19.5. The van der Waals surface area contributed by atoms with E-state index in [-0.39, 0.29) is 11.9 Å². The summed E-state index contributed by atoms with van der Waals surface area (Å²) in [5, 5.41) is 12.6. The summed E-state index contributed by atoms with van der Waals surface area (Å²) in [6.45, 7) is 7.00. The molecule has 0 unspecified atom stereocenters. The molecule has 3 aromatic rings. The van der Waals surface area contributed by atoms with Crippen LogP contribution >= 0.6 is 0 Å². The van der Waals surface area contributed by atoms with E-state index < -0.39 is 0 Å². The van der Waals surface area contributed by atoms with Gasteiger partial charge in [0.25, 0.3) is 0 Å². The largest absolute Gasteiger partial charge is 0.290 e. The Hall–Kier alpha value is -2.60. The van der Waals surface area contributed by atoms with Gasteiger partial charge in [-0.2, -0.15) is 0 Å². The fourth-order valence-electron chi connectivity index (χ4n) is 3.84. The van der Waals surface area contributed by atoms with E-state index in [2.05, 4.69) is 58.5 Å². The third-order valence-corrected chi connectivity index (χ3v) is 5.63. The van der Waals surface area contributed by atoms with Gasteiger partial charge in [-0.15, -0.1) is 5.10 Å². The average Bonchev–Trinajstić information content (AvgIpc) is 3.14. The summed E-state index contributed by atoms with van der Waals surface area (Å²) in [6.07, 6.45) is 2.36. The SMILES string of the molecule is Cc1ccc([C@@H](c2nnnn2Cc2ccc(F)cc2)N2CCC(C)CC2)cc1. The highest BCUT2D eigenvalue weighted by Gasteiger charge is 2.30. The molecule has 1 aromatic heterocycles. The van der Waals surface area contributed by atoms with Gasteiger partial charge in [-0.3, -0.25) is 4.90 Å². The van der Waals surface area contributed by atoms with E-state index >= 15 is 0 Å². The van der Waals surface area contributed by atoms with Crippen molar-refractivity contribution >= 4 is 0 Å². The van der Waals surface area contributed by atoms with Crippen LogP contribution in [0.3, 0.4) is 0 Å². The molecular weight excluding hydrogens is 353 g/mol. The Balaban J connectivity index is 1.67. The maximum atomic E-state index is 13.2. The van der Waals surface area contributed by atoms with Crippen LogP contribution < -0.4 is 0 Å². The number of halogens is 1. The van der Waals surface area contributed by atoms with E-state index in [0.29, 0.717) is 6.54 Å². The van der Waals surface area contributed by atoms with E-state index in [1.807, 2.05) is 4.68 Å². The quantitative estimate of drug-likeness (QED) is 0.672. The molecule has 146 valence electrons. The first-order valence-electron chi connectivity index (χ1n) is 9.91. The van der Waals surface area contributed by atoms with Crippen LogP contribution in [0.4, 0.5) is 4.39 Å². The van der Waals surface area contributed by atoms with Crippen LogP contribution in [0.15, 0.2) is 48.5 Å². The van der Waals surface area contributed by atoms with Crippen LogP contribution in [0.25, 0.3) is 0 Å². The van der Waals surface area contributed by atoms with Gasteiger partial charge in [0.05, 0.1) is 12.6 Å². The second kappa shape index (κ2) is 8.19. The van der Waals surface area contributed by atoms with Crippen LogP contribution in [0.2, 0.25) is 0 Å². The minimum Gasteiger partial charge on any atom is -0.290 e. The van der Waals surface area contributed by atoms with Crippen molar-refractivity contribution in [3.63, 3.8) is 0 Å². The molecule has 0 amide bonds. The van der Waals surface area contributed by atoms with Crippen LogP contribution in [0, 0.1) is 18.7 Å². The number of aromatic nitrogens is 4. The lowest BCUT2D eigenvalue weighted by Gasteiger charge is -2.36. The second-order valence-corrected chi connectivity index (χ2v) is 7.85. The molecule has 1 aliphatic heterocycles. The number of likely N-dealkylation sites (tertiary alicyclic amines) is 1.